The van der Waals surface area contributed by atoms with Crippen molar-refractivity contribution in [3.05, 3.63) is 24.3 Å². The van der Waals surface area contributed by atoms with E-state index in [1.165, 1.54) is 57.8 Å². The molecule has 17 unspecified atom stereocenters. The number of allylic oxidation sites excluding steroid dienone is 2. The van der Waals surface area contributed by atoms with Crippen molar-refractivity contribution >= 4 is 0 Å². The molecule has 0 aromatic heterocycles. The lowest BCUT2D eigenvalue weighted by molar-refractivity contribution is -0.0651. The third-order valence-corrected chi connectivity index (χ3v) is 19.8. The summed E-state index contributed by atoms with van der Waals surface area (Å²) in [5.41, 5.74) is 0.681. The van der Waals surface area contributed by atoms with Crippen molar-refractivity contribution < 1.29 is 0 Å². The van der Waals surface area contributed by atoms with E-state index in [9.17, 15) is 0 Å². The fraction of sp³-hybridized carbons (Fsp3) is 0.915. The second-order valence-corrected chi connectivity index (χ2v) is 20.7. The number of hydrogen-bond donors (Lipinski definition) is 0. The summed E-state index contributed by atoms with van der Waals surface area (Å²) in [4.78, 5) is 3.22. The maximum Gasteiger partial charge on any atom is 0.0287 e. The molecule has 48 heavy (non-hydrogen) atoms. The first-order chi connectivity index (χ1) is 23.8. The predicted octanol–water partition coefficient (Wildman–Crippen LogP) is 12.0. The standard InChI is InChI=1S/C47H71N/c1-3-14-30(15-4-1)48(31-16-5-2-6-17-31)32-26-27-43-39(28-32)35-20-9-11-24-41(35)47(43)42-25-12-10-21-37(42)46-38-23-13-22-36-33-18-7-8-19-34(33)40(45(36)38)29-44(46)47/h1,3,26-27,30-46H,2,4-25,28-29H2. The van der Waals surface area contributed by atoms with Crippen LogP contribution in [0.4, 0.5) is 0 Å². The van der Waals surface area contributed by atoms with Gasteiger partial charge in [-0.05, 0) is 185 Å². The van der Waals surface area contributed by atoms with Crippen LogP contribution in [0, 0.1) is 88.3 Å². The normalized spacial score (nSPS) is 55.5. The van der Waals surface area contributed by atoms with Gasteiger partial charge in [-0.15, -0.1) is 0 Å². The van der Waals surface area contributed by atoms with Crippen LogP contribution in [0.5, 0.6) is 0 Å². The van der Waals surface area contributed by atoms with Crippen LogP contribution >= 0.6 is 0 Å². The van der Waals surface area contributed by atoms with Gasteiger partial charge in [0.1, 0.15) is 0 Å². The lowest BCUT2D eigenvalue weighted by atomic mass is 9.49. The highest BCUT2D eigenvalue weighted by Crippen LogP contribution is 2.80. The van der Waals surface area contributed by atoms with Crippen LogP contribution in [0.2, 0.25) is 0 Å². The van der Waals surface area contributed by atoms with Gasteiger partial charge in [-0.25, -0.2) is 0 Å². The minimum absolute atomic E-state index is 0.681. The molecule has 0 aromatic carbocycles. The molecule has 1 spiro atoms. The molecule has 1 nitrogen and oxygen atoms in total. The van der Waals surface area contributed by atoms with Gasteiger partial charge in [0.25, 0.3) is 0 Å². The summed E-state index contributed by atoms with van der Waals surface area (Å²) >= 11 is 0. The molecule has 11 aliphatic carbocycles. The Kier molecular flexibility index (Phi) is 7.92. The number of nitrogens with zero attached hydrogens (tertiary/aromatic N) is 1. The topological polar surface area (TPSA) is 3.24 Å². The summed E-state index contributed by atoms with van der Waals surface area (Å²) in [7, 11) is 0. The van der Waals surface area contributed by atoms with E-state index in [4.69, 9.17) is 0 Å². The average molecular weight is 650 g/mol. The van der Waals surface area contributed by atoms with Gasteiger partial charge in [0.2, 0.25) is 0 Å². The Morgan fingerprint density at radius 3 is 1.88 bits per heavy atom. The second-order valence-electron chi connectivity index (χ2n) is 20.7. The zero-order valence-electron chi connectivity index (χ0n) is 30.7. The zero-order valence-corrected chi connectivity index (χ0v) is 30.7. The number of rotatable bonds is 3. The molecular weight excluding hydrogens is 579 g/mol. The van der Waals surface area contributed by atoms with Crippen molar-refractivity contribution in [2.75, 3.05) is 0 Å². The van der Waals surface area contributed by atoms with Crippen molar-refractivity contribution in [1.82, 2.24) is 4.90 Å². The van der Waals surface area contributed by atoms with Crippen molar-refractivity contribution in [3.63, 3.8) is 0 Å². The average Bonchev–Trinajstić information content (AvgIpc) is 3.75. The summed E-state index contributed by atoms with van der Waals surface area (Å²) in [6.45, 7) is 0. The summed E-state index contributed by atoms with van der Waals surface area (Å²) < 4.78 is 0. The van der Waals surface area contributed by atoms with Gasteiger partial charge in [0.05, 0.1) is 0 Å². The van der Waals surface area contributed by atoms with E-state index in [1.54, 1.807) is 103 Å². The lowest BCUT2D eigenvalue weighted by Crippen LogP contribution is -2.52. The van der Waals surface area contributed by atoms with E-state index in [2.05, 4.69) is 29.2 Å². The molecule has 9 fully saturated rings. The van der Waals surface area contributed by atoms with Crippen LogP contribution in [0.3, 0.4) is 0 Å². The first-order valence-corrected chi connectivity index (χ1v) is 22.9. The SMILES string of the molecule is C1=CCC(N(C2C=CC3C(C2)C2CCCCC2C32C3CCCCC3C3C4CCCC5C6CCCCC6C(CC32)C54)C2CCCCC2)CC1. The minimum atomic E-state index is 0.681. The minimum Gasteiger partial charge on any atom is -0.291 e. The van der Waals surface area contributed by atoms with Gasteiger partial charge < -0.3 is 0 Å². The van der Waals surface area contributed by atoms with Crippen LogP contribution in [-0.4, -0.2) is 23.0 Å². The highest BCUT2D eigenvalue weighted by molar-refractivity contribution is 5.27. The molecule has 17 atom stereocenters. The van der Waals surface area contributed by atoms with Gasteiger partial charge in [0.15, 0.2) is 0 Å². The molecule has 1 heteroatoms. The molecule has 0 radical (unpaired) electrons. The second kappa shape index (κ2) is 12.3. The van der Waals surface area contributed by atoms with Crippen LogP contribution in [0.1, 0.15) is 161 Å². The highest BCUT2D eigenvalue weighted by Gasteiger charge is 2.75. The monoisotopic (exact) mass is 650 g/mol. The Hall–Kier alpha value is -0.560. The summed E-state index contributed by atoms with van der Waals surface area (Å²) in [6, 6.07) is 2.40. The fourth-order valence-corrected chi connectivity index (χ4v) is 19.1. The van der Waals surface area contributed by atoms with Gasteiger partial charge in [-0.1, -0.05) is 88.5 Å². The van der Waals surface area contributed by atoms with Gasteiger partial charge in [0, 0.05) is 18.1 Å². The Morgan fingerprint density at radius 1 is 0.417 bits per heavy atom. The lowest BCUT2D eigenvalue weighted by Gasteiger charge is -2.55. The predicted molar refractivity (Wildman–Crippen MR) is 198 cm³/mol. The van der Waals surface area contributed by atoms with Crippen LogP contribution in [0.15, 0.2) is 24.3 Å². The van der Waals surface area contributed by atoms with Gasteiger partial charge >= 0.3 is 0 Å². The van der Waals surface area contributed by atoms with Crippen molar-refractivity contribution in [2.24, 2.45) is 88.3 Å². The van der Waals surface area contributed by atoms with Crippen LogP contribution in [0.25, 0.3) is 0 Å². The van der Waals surface area contributed by atoms with Crippen LogP contribution < -0.4 is 0 Å². The molecule has 11 rings (SSSR count). The highest BCUT2D eigenvalue weighted by atomic mass is 15.2. The Bertz CT molecular complexity index is 1240. The van der Waals surface area contributed by atoms with E-state index < -0.39 is 0 Å². The molecule has 0 heterocycles. The number of fused-ring (bicyclic) bond motifs is 14. The van der Waals surface area contributed by atoms with E-state index in [1.807, 2.05) is 0 Å². The molecule has 0 aliphatic heterocycles. The van der Waals surface area contributed by atoms with E-state index in [0.29, 0.717) is 5.41 Å². The van der Waals surface area contributed by atoms with Gasteiger partial charge in [-0.3, -0.25) is 4.90 Å². The largest absolute Gasteiger partial charge is 0.291 e. The molecule has 0 amide bonds. The first kappa shape index (κ1) is 31.0. The molecule has 0 bridgehead atoms. The third-order valence-electron chi connectivity index (χ3n) is 19.8. The summed E-state index contributed by atoms with van der Waals surface area (Å²) in [6.07, 6.45) is 49.8. The smallest absolute Gasteiger partial charge is 0.0287 e. The molecule has 264 valence electrons. The fourth-order valence-electron chi connectivity index (χ4n) is 19.1. The molecule has 9 saturated carbocycles. The Balaban J connectivity index is 1.00. The summed E-state index contributed by atoms with van der Waals surface area (Å²) in [5.74, 6) is 15.3. The van der Waals surface area contributed by atoms with E-state index in [-0.39, 0.29) is 0 Å². The van der Waals surface area contributed by atoms with E-state index >= 15 is 0 Å². The molecule has 0 saturated heterocycles. The van der Waals surface area contributed by atoms with Crippen molar-refractivity contribution in [1.29, 1.82) is 0 Å². The quantitative estimate of drug-likeness (QED) is 0.275. The van der Waals surface area contributed by atoms with Gasteiger partial charge in [-0.2, -0.15) is 0 Å². The zero-order chi connectivity index (χ0) is 31.4. The first-order valence-electron chi connectivity index (χ1n) is 22.9. The Morgan fingerprint density at radius 2 is 1.08 bits per heavy atom. The van der Waals surface area contributed by atoms with Crippen molar-refractivity contribution in [2.45, 2.75) is 179 Å². The molecule has 0 aromatic rings. The van der Waals surface area contributed by atoms with Crippen molar-refractivity contribution in [3.8, 4) is 0 Å². The molecule has 11 aliphatic rings. The molecular formula is C47H71N. The maximum absolute atomic E-state index is 3.22. The number of hydrogen-bond acceptors (Lipinski definition) is 1. The Labute approximate surface area is 295 Å². The molecule has 0 N–H and O–H groups in total. The van der Waals surface area contributed by atoms with Crippen LogP contribution in [-0.2, 0) is 0 Å². The third kappa shape index (κ3) is 4.36. The maximum atomic E-state index is 3.22. The summed E-state index contributed by atoms with van der Waals surface area (Å²) in [5, 5.41) is 0. The van der Waals surface area contributed by atoms with E-state index in [0.717, 1.165) is 101 Å².